The number of unbranched alkanes of at least 4 members (excludes halogenated alkanes) is 7. The number of amides is 3. The normalized spacial score (nSPS) is 14.0. The highest BCUT2D eigenvalue weighted by Gasteiger charge is 2.22. The van der Waals surface area contributed by atoms with Crippen molar-refractivity contribution in [2.24, 2.45) is 0 Å². The van der Waals surface area contributed by atoms with Gasteiger partial charge < -0.3 is 5.32 Å². The Morgan fingerprint density at radius 1 is 0.905 bits per heavy atom. The SMILES string of the molecule is CNC(=O)[CH][CH][CH][CH][CH][CH][CH][CH][CH][CH]N1C(=O)C=CC1=O. The Bertz CT molecular complexity index is 373. The van der Waals surface area contributed by atoms with Gasteiger partial charge in [-0.05, 0) is 51.4 Å². The van der Waals surface area contributed by atoms with E-state index >= 15 is 0 Å². The maximum Gasteiger partial charge on any atom is 0.253 e. The summed E-state index contributed by atoms with van der Waals surface area (Å²) in [6.07, 6.45) is 17.6. The van der Waals surface area contributed by atoms with Gasteiger partial charge in [0.1, 0.15) is 0 Å². The molecule has 10 radical (unpaired) electrons. The Kier molecular flexibility index (Phi) is 8.40. The van der Waals surface area contributed by atoms with E-state index in [9.17, 15) is 14.4 Å². The van der Waals surface area contributed by atoms with Gasteiger partial charge >= 0.3 is 0 Å². The van der Waals surface area contributed by atoms with Crippen molar-refractivity contribution in [1.82, 2.24) is 10.2 Å². The standard InChI is InChI=1S/C16H16N2O3/c1-17-14(19)10-8-6-4-2-3-5-7-9-13-18-15(20)11-12-16(18)21/h2-13H,1H3,(H,17,19). The number of nitrogens with zero attached hydrogens (tertiary/aromatic N) is 1. The maximum absolute atomic E-state index is 11.2. The minimum absolute atomic E-state index is 0.158. The molecular weight excluding hydrogens is 268 g/mol. The highest BCUT2D eigenvalue weighted by Crippen LogP contribution is 2.10. The van der Waals surface area contributed by atoms with Crippen molar-refractivity contribution in [3.63, 3.8) is 0 Å². The second kappa shape index (κ2) is 10.1. The number of rotatable bonds is 11. The van der Waals surface area contributed by atoms with E-state index in [1.165, 1.54) is 25.1 Å². The molecule has 1 rings (SSSR count). The number of nitrogens with one attached hydrogen (secondary N) is 1. The molecule has 0 aromatic rings. The van der Waals surface area contributed by atoms with E-state index < -0.39 is 0 Å². The third kappa shape index (κ3) is 7.06. The molecule has 1 aliphatic rings. The molecule has 0 bridgehead atoms. The topological polar surface area (TPSA) is 66.5 Å². The number of hydrogen-bond donors (Lipinski definition) is 1. The fourth-order valence-electron chi connectivity index (χ4n) is 1.31. The van der Waals surface area contributed by atoms with Gasteiger partial charge in [-0.2, -0.15) is 0 Å². The van der Waals surface area contributed by atoms with E-state index in [0.29, 0.717) is 0 Å². The van der Waals surface area contributed by atoms with Crippen LogP contribution in [0.25, 0.3) is 0 Å². The van der Waals surface area contributed by atoms with Crippen LogP contribution < -0.4 is 5.32 Å². The molecule has 1 N–H and O–H groups in total. The predicted octanol–water partition coefficient (Wildman–Crippen LogP) is 0.658. The molecule has 0 atom stereocenters. The molecule has 1 aliphatic heterocycles. The summed E-state index contributed by atoms with van der Waals surface area (Å²) in [6.45, 7) is 1.41. The van der Waals surface area contributed by atoms with Crippen molar-refractivity contribution >= 4 is 17.7 Å². The third-order valence-electron chi connectivity index (χ3n) is 2.35. The number of carbonyl (C=O) groups is 3. The van der Waals surface area contributed by atoms with E-state index in [1.807, 2.05) is 0 Å². The fraction of sp³-hybridized carbons (Fsp3) is 0.0625. The number of hydrogen-bond acceptors (Lipinski definition) is 3. The minimum atomic E-state index is -0.342. The van der Waals surface area contributed by atoms with Gasteiger partial charge in [0, 0.05) is 19.2 Å². The summed E-state index contributed by atoms with van der Waals surface area (Å²) in [6, 6.07) is 0. The molecule has 0 fully saturated rings. The summed E-state index contributed by atoms with van der Waals surface area (Å²) in [5.74, 6) is -0.841. The Hall–Kier alpha value is -1.65. The summed E-state index contributed by atoms with van der Waals surface area (Å²) < 4.78 is 0. The van der Waals surface area contributed by atoms with Crippen LogP contribution in [0.2, 0.25) is 0 Å². The molecule has 0 aromatic heterocycles. The molecule has 108 valence electrons. The second-order valence-electron chi connectivity index (χ2n) is 3.85. The first kappa shape index (κ1) is 17.4. The Balaban J connectivity index is 1.86. The summed E-state index contributed by atoms with van der Waals surface area (Å²) >= 11 is 0. The minimum Gasteiger partial charge on any atom is -0.359 e. The van der Waals surface area contributed by atoms with Gasteiger partial charge in [0.15, 0.2) is 0 Å². The first-order chi connectivity index (χ1) is 10.1. The summed E-state index contributed by atoms with van der Waals surface area (Å²) in [5.41, 5.74) is 0. The fourth-order valence-corrected chi connectivity index (χ4v) is 1.31. The van der Waals surface area contributed by atoms with Crippen LogP contribution in [-0.2, 0) is 14.4 Å². The smallest absolute Gasteiger partial charge is 0.253 e. The van der Waals surface area contributed by atoms with Gasteiger partial charge in [0.25, 0.3) is 11.8 Å². The maximum atomic E-state index is 11.2. The molecule has 1 heterocycles. The van der Waals surface area contributed by atoms with Crippen molar-refractivity contribution in [3.05, 3.63) is 76.5 Å². The van der Waals surface area contributed by atoms with Gasteiger partial charge in [-0.3, -0.25) is 19.3 Å². The van der Waals surface area contributed by atoms with Gasteiger partial charge in [-0.1, -0.05) is 0 Å². The van der Waals surface area contributed by atoms with Gasteiger partial charge in [0.05, 0.1) is 13.0 Å². The van der Waals surface area contributed by atoms with Crippen molar-refractivity contribution < 1.29 is 14.4 Å². The first-order valence-corrected chi connectivity index (χ1v) is 6.27. The largest absolute Gasteiger partial charge is 0.359 e. The Morgan fingerprint density at radius 3 is 1.90 bits per heavy atom. The van der Waals surface area contributed by atoms with E-state index in [1.54, 1.807) is 58.4 Å². The average molecular weight is 284 g/mol. The van der Waals surface area contributed by atoms with Gasteiger partial charge in [0.2, 0.25) is 5.91 Å². The zero-order chi connectivity index (χ0) is 15.5. The summed E-state index contributed by atoms with van der Waals surface area (Å²) in [4.78, 5) is 34.3. The molecular formula is C16H16N2O3. The van der Waals surface area contributed by atoms with Crippen LogP contribution in [0.4, 0.5) is 0 Å². The van der Waals surface area contributed by atoms with E-state index in [2.05, 4.69) is 5.32 Å². The Labute approximate surface area is 126 Å². The highest BCUT2D eigenvalue weighted by molar-refractivity contribution is 6.13. The zero-order valence-electron chi connectivity index (χ0n) is 11.6. The lowest BCUT2D eigenvalue weighted by Gasteiger charge is -2.11. The molecule has 0 unspecified atom stereocenters. The van der Waals surface area contributed by atoms with Crippen molar-refractivity contribution in [2.75, 3.05) is 7.05 Å². The van der Waals surface area contributed by atoms with E-state index in [4.69, 9.17) is 0 Å². The average Bonchev–Trinajstić information content (AvgIpc) is 2.80. The molecule has 21 heavy (non-hydrogen) atoms. The van der Waals surface area contributed by atoms with E-state index in [-0.39, 0.29) is 17.7 Å². The van der Waals surface area contributed by atoms with Gasteiger partial charge in [-0.25, -0.2) is 0 Å². The zero-order valence-corrected chi connectivity index (χ0v) is 11.6. The van der Waals surface area contributed by atoms with Crippen LogP contribution in [-0.4, -0.2) is 29.7 Å². The lowest BCUT2D eigenvalue weighted by molar-refractivity contribution is -0.134. The number of imide groups is 1. The van der Waals surface area contributed by atoms with Gasteiger partial charge in [-0.15, -0.1) is 0 Å². The molecule has 0 aliphatic carbocycles. The van der Waals surface area contributed by atoms with Crippen molar-refractivity contribution in [1.29, 1.82) is 0 Å². The van der Waals surface area contributed by atoms with Crippen molar-refractivity contribution in [3.8, 4) is 0 Å². The molecule has 0 aromatic carbocycles. The number of carbonyl (C=O) groups excluding carboxylic acids is 3. The first-order valence-electron chi connectivity index (χ1n) is 6.27. The Morgan fingerprint density at radius 2 is 1.38 bits per heavy atom. The molecule has 0 saturated heterocycles. The molecule has 5 nitrogen and oxygen atoms in total. The van der Waals surface area contributed by atoms with Crippen LogP contribution in [0.15, 0.2) is 12.2 Å². The van der Waals surface area contributed by atoms with Crippen LogP contribution in [0.1, 0.15) is 0 Å². The lowest BCUT2D eigenvalue weighted by Crippen LogP contribution is -2.27. The van der Waals surface area contributed by atoms with Crippen molar-refractivity contribution in [2.45, 2.75) is 0 Å². The van der Waals surface area contributed by atoms with Crippen LogP contribution in [0.3, 0.4) is 0 Å². The quantitative estimate of drug-likeness (QED) is 0.448. The third-order valence-corrected chi connectivity index (χ3v) is 2.35. The monoisotopic (exact) mass is 284 g/mol. The summed E-state index contributed by atoms with van der Waals surface area (Å²) in [7, 11) is 1.56. The van der Waals surface area contributed by atoms with Crippen LogP contribution >= 0.6 is 0 Å². The van der Waals surface area contributed by atoms with Crippen LogP contribution in [0, 0.1) is 64.3 Å². The second-order valence-corrected chi connectivity index (χ2v) is 3.85. The lowest BCUT2D eigenvalue weighted by atomic mass is 10.1. The highest BCUT2D eigenvalue weighted by atomic mass is 16.2. The van der Waals surface area contributed by atoms with Crippen LogP contribution in [0.5, 0.6) is 0 Å². The van der Waals surface area contributed by atoms with E-state index in [0.717, 1.165) is 4.90 Å². The summed E-state index contributed by atoms with van der Waals surface area (Å²) in [5, 5.41) is 2.47. The molecule has 0 spiro atoms. The predicted molar refractivity (Wildman–Crippen MR) is 78.1 cm³/mol. The molecule has 5 heteroatoms. The molecule has 0 saturated carbocycles. The molecule has 3 amide bonds.